The molecule has 2 N–H and O–H groups in total. The molecule has 0 saturated heterocycles. The van der Waals surface area contributed by atoms with E-state index in [-0.39, 0.29) is 6.17 Å². The van der Waals surface area contributed by atoms with E-state index in [2.05, 4.69) is 18.7 Å². The summed E-state index contributed by atoms with van der Waals surface area (Å²) in [5, 5.41) is 0. The van der Waals surface area contributed by atoms with Crippen LogP contribution in [-0.2, 0) is 0 Å². The summed E-state index contributed by atoms with van der Waals surface area (Å²) in [5.41, 5.74) is 5.90. The molecule has 0 amide bonds. The smallest absolute Gasteiger partial charge is 0.103 e. The van der Waals surface area contributed by atoms with Gasteiger partial charge in [-0.15, -0.1) is 0 Å². The predicted molar refractivity (Wildman–Crippen MR) is 59.9 cm³/mol. The Balaban J connectivity index is 3.84. The maximum absolute atomic E-state index is 13.4. The highest BCUT2D eigenvalue weighted by molar-refractivity contribution is 4.69. The molecule has 0 aromatic heterocycles. The van der Waals surface area contributed by atoms with Gasteiger partial charge in [0.2, 0.25) is 0 Å². The second kappa shape index (κ2) is 7.18. The first-order chi connectivity index (χ1) is 6.51. The summed E-state index contributed by atoms with van der Waals surface area (Å²) in [7, 11) is 0. The average molecular weight is 204 g/mol. The largest absolute Gasteiger partial charge is 0.316 e. The Hall–Kier alpha value is -0.150. The fourth-order valence-electron chi connectivity index (χ4n) is 1.71. The topological polar surface area (TPSA) is 29.3 Å². The van der Waals surface area contributed by atoms with Crippen molar-refractivity contribution >= 4 is 0 Å². The van der Waals surface area contributed by atoms with E-state index in [4.69, 9.17) is 5.73 Å². The van der Waals surface area contributed by atoms with Gasteiger partial charge in [-0.3, -0.25) is 4.90 Å². The van der Waals surface area contributed by atoms with E-state index < -0.39 is 6.17 Å². The van der Waals surface area contributed by atoms with Gasteiger partial charge in [0.25, 0.3) is 0 Å². The van der Waals surface area contributed by atoms with Crippen molar-refractivity contribution in [2.75, 3.05) is 13.1 Å². The minimum absolute atomic E-state index is 0.126. The maximum Gasteiger partial charge on any atom is 0.103 e. The first kappa shape index (κ1) is 13.8. The van der Waals surface area contributed by atoms with Crippen LogP contribution in [0.25, 0.3) is 0 Å². The van der Waals surface area contributed by atoms with Crippen molar-refractivity contribution in [2.24, 2.45) is 11.7 Å². The normalized spacial score (nSPS) is 16.3. The van der Waals surface area contributed by atoms with E-state index in [1.807, 2.05) is 13.8 Å². The summed E-state index contributed by atoms with van der Waals surface area (Å²) in [4.78, 5) is 2.09. The van der Waals surface area contributed by atoms with E-state index in [0.29, 0.717) is 18.8 Å². The SMILES string of the molecule is CCN(CC)[C@@H](N)CC(F)CC(C)C. The predicted octanol–water partition coefficient (Wildman–Crippen LogP) is 2.39. The Labute approximate surface area is 87.7 Å². The number of hydrogen-bond donors (Lipinski definition) is 1. The Morgan fingerprint density at radius 3 is 2.00 bits per heavy atom. The van der Waals surface area contributed by atoms with Gasteiger partial charge >= 0.3 is 0 Å². The molecule has 86 valence electrons. The Kier molecular flexibility index (Phi) is 7.11. The molecule has 0 aliphatic carbocycles. The van der Waals surface area contributed by atoms with Crippen molar-refractivity contribution in [3.8, 4) is 0 Å². The first-order valence-corrected chi connectivity index (χ1v) is 5.64. The number of nitrogens with zero attached hydrogens (tertiary/aromatic N) is 1. The summed E-state index contributed by atoms with van der Waals surface area (Å²) in [6, 6.07) is 0. The van der Waals surface area contributed by atoms with Crippen LogP contribution in [0.2, 0.25) is 0 Å². The van der Waals surface area contributed by atoms with Crippen LogP contribution in [0.4, 0.5) is 4.39 Å². The second-order valence-corrected chi connectivity index (χ2v) is 4.25. The van der Waals surface area contributed by atoms with Gasteiger partial charge in [-0.25, -0.2) is 4.39 Å². The van der Waals surface area contributed by atoms with Gasteiger partial charge in [0.05, 0.1) is 6.17 Å². The van der Waals surface area contributed by atoms with Gasteiger partial charge in [0.15, 0.2) is 0 Å². The quantitative estimate of drug-likeness (QED) is 0.645. The molecule has 0 spiro atoms. The van der Waals surface area contributed by atoms with E-state index >= 15 is 0 Å². The van der Waals surface area contributed by atoms with Gasteiger partial charge in [-0.1, -0.05) is 27.7 Å². The lowest BCUT2D eigenvalue weighted by molar-refractivity contribution is 0.156. The van der Waals surface area contributed by atoms with E-state index in [1.54, 1.807) is 0 Å². The Morgan fingerprint density at radius 2 is 1.64 bits per heavy atom. The summed E-state index contributed by atoms with van der Waals surface area (Å²) < 4.78 is 13.4. The molecule has 3 heteroatoms. The lowest BCUT2D eigenvalue weighted by Crippen LogP contribution is -2.43. The summed E-state index contributed by atoms with van der Waals surface area (Å²) >= 11 is 0. The molecule has 0 saturated carbocycles. The zero-order valence-corrected chi connectivity index (χ0v) is 9.96. The van der Waals surface area contributed by atoms with Crippen LogP contribution in [0.15, 0.2) is 0 Å². The minimum atomic E-state index is -0.759. The van der Waals surface area contributed by atoms with Crippen LogP contribution in [-0.4, -0.2) is 30.3 Å². The van der Waals surface area contributed by atoms with Crippen molar-refractivity contribution in [3.05, 3.63) is 0 Å². The molecule has 0 aliphatic heterocycles. The zero-order valence-electron chi connectivity index (χ0n) is 9.96. The zero-order chi connectivity index (χ0) is 11.1. The molecule has 0 aliphatic rings. The maximum atomic E-state index is 13.4. The van der Waals surface area contributed by atoms with Gasteiger partial charge in [0, 0.05) is 6.42 Å². The van der Waals surface area contributed by atoms with Gasteiger partial charge in [-0.05, 0) is 25.4 Å². The van der Waals surface area contributed by atoms with Crippen molar-refractivity contribution in [1.82, 2.24) is 4.90 Å². The molecule has 0 fully saturated rings. The minimum Gasteiger partial charge on any atom is -0.316 e. The molecule has 0 radical (unpaired) electrons. The summed E-state index contributed by atoms with van der Waals surface area (Å²) in [6.07, 6.45) is 0.193. The van der Waals surface area contributed by atoms with Crippen LogP contribution in [0.3, 0.4) is 0 Å². The molecular weight excluding hydrogens is 179 g/mol. The number of nitrogens with two attached hydrogens (primary N) is 1. The molecule has 0 rings (SSSR count). The molecule has 0 heterocycles. The fraction of sp³-hybridized carbons (Fsp3) is 1.00. The highest BCUT2D eigenvalue weighted by Crippen LogP contribution is 2.14. The van der Waals surface area contributed by atoms with E-state index in [9.17, 15) is 4.39 Å². The number of halogens is 1. The molecule has 2 nitrogen and oxygen atoms in total. The molecular formula is C11H25FN2. The lowest BCUT2D eigenvalue weighted by atomic mass is 10.0. The van der Waals surface area contributed by atoms with Crippen molar-refractivity contribution in [1.29, 1.82) is 0 Å². The van der Waals surface area contributed by atoms with Gasteiger partial charge in [0.1, 0.15) is 6.17 Å². The molecule has 0 aromatic carbocycles. The highest BCUT2D eigenvalue weighted by atomic mass is 19.1. The third-order valence-electron chi connectivity index (χ3n) is 2.51. The van der Waals surface area contributed by atoms with Crippen LogP contribution >= 0.6 is 0 Å². The van der Waals surface area contributed by atoms with Crippen LogP contribution in [0, 0.1) is 5.92 Å². The average Bonchev–Trinajstić information content (AvgIpc) is 2.04. The molecule has 14 heavy (non-hydrogen) atoms. The molecule has 2 atom stereocenters. The van der Waals surface area contributed by atoms with E-state index in [0.717, 1.165) is 13.1 Å². The fourth-order valence-corrected chi connectivity index (χ4v) is 1.71. The Bertz CT molecular complexity index is 135. The Morgan fingerprint density at radius 1 is 1.14 bits per heavy atom. The number of hydrogen-bond acceptors (Lipinski definition) is 2. The summed E-state index contributed by atoms with van der Waals surface area (Å²) in [6.45, 7) is 9.97. The lowest BCUT2D eigenvalue weighted by Gasteiger charge is -2.27. The van der Waals surface area contributed by atoms with Crippen molar-refractivity contribution in [3.63, 3.8) is 0 Å². The van der Waals surface area contributed by atoms with Crippen molar-refractivity contribution in [2.45, 2.75) is 52.9 Å². The van der Waals surface area contributed by atoms with Crippen LogP contribution < -0.4 is 5.73 Å². The molecule has 1 unspecified atom stereocenters. The number of alkyl halides is 1. The second-order valence-electron chi connectivity index (χ2n) is 4.25. The third-order valence-corrected chi connectivity index (χ3v) is 2.51. The van der Waals surface area contributed by atoms with Crippen LogP contribution in [0.1, 0.15) is 40.5 Å². The monoisotopic (exact) mass is 204 g/mol. The van der Waals surface area contributed by atoms with Gasteiger partial charge in [-0.2, -0.15) is 0 Å². The first-order valence-electron chi connectivity index (χ1n) is 5.64. The molecule has 0 bridgehead atoms. The highest BCUT2D eigenvalue weighted by Gasteiger charge is 2.17. The van der Waals surface area contributed by atoms with Gasteiger partial charge < -0.3 is 5.73 Å². The standard InChI is InChI=1S/C11H25FN2/c1-5-14(6-2)11(13)8-10(12)7-9(3)4/h9-11H,5-8,13H2,1-4H3/t10?,11-/m1/s1. The number of rotatable bonds is 7. The third kappa shape index (κ3) is 5.55. The molecule has 0 aromatic rings. The summed E-state index contributed by atoms with van der Waals surface area (Å²) in [5.74, 6) is 0.411. The van der Waals surface area contributed by atoms with Crippen LogP contribution in [0.5, 0.6) is 0 Å². The van der Waals surface area contributed by atoms with Crippen molar-refractivity contribution < 1.29 is 4.39 Å². The van der Waals surface area contributed by atoms with E-state index in [1.165, 1.54) is 0 Å².